The van der Waals surface area contributed by atoms with Gasteiger partial charge >= 0.3 is 5.97 Å². The number of oxime groups is 1. The fourth-order valence-corrected chi connectivity index (χ4v) is 2.59. The lowest BCUT2D eigenvalue weighted by Gasteiger charge is -2.14. The van der Waals surface area contributed by atoms with Gasteiger partial charge in [0.15, 0.2) is 5.71 Å². The number of aliphatic carboxylic acids is 1. The lowest BCUT2D eigenvalue weighted by Crippen LogP contribution is -2.36. The molecule has 2 atom stereocenters. The number of carboxylic acid groups (broad SMARTS) is 1. The Labute approximate surface area is 114 Å². The Kier molecular flexibility index (Phi) is 3.84. The molecule has 0 saturated carbocycles. The van der Waals surface area contributed by atoms with Gasteiger partial charge in [-0.2, -0.15) is 0 Å². The van der Waals surface area contributed by atoms with E-state index in [-0.39, 0.29) is 24.1 Å². The Morgan fingerprint density at radius 2 is 2.32 bits per heavy atom. The molecule has 1 aliphatic rings. The molecule has 0 saturated heterocycles. The average molecular weight is 282 g/mol. The summed E-state index contributed by atoms with van der Waals surface area (Å²) in [5, 5.41) is 14.9. The van der Waals surface area contributed by atoms with Crippen molar-refractivity contribution in [2.45, 2.75) is 32.4 Å². The fourth-order valence-electron chi connectivity index (χ4n) is 1.71. The van der Waals surface area contributed by atoms with Crippen LogP contribution in [0.3, 0.4) is 0 Å². The molecule has 1 aromatic heterocycles. The van der Waals surface area contributed by atoms with Gasteiger partial charge in [-0.05, 0) is 26.0 Å². The molecule has 2 unspecified atom stereocenters. The maximum absolute atomic E-state index is 11.9. The molecule has 19 heavy (non-hydrogen) atoms. The zero-order valence-electron chi connectivity index (χ0n) is 10.5. The van der Waals surface area contributed by atoms with Crippen molar-refractivity contribution in [1.29, 1.82) is 0 Å². The van der Waals surface area contributed by atoms with Crippen molar-refractivity contribution in [3.8, 4) is 0 Å². The third kappa shape index (κ3) is 3.11. The van der Waals surface area contributed by atoms with E-state index in [4.69, 9.17) is 9.94 Å². The Hall–Kier alpha value is -1.89. The molecule has 1 aromatic rings. The van der Waals surface area contributed by atoms with Crippen molar-refractivity contribution < 1.29 is 19.5 Å². The second-order valence-corrected chi connectivity index (χ2v) is 5.64. The van der Waals surface area contributed by atoms with Gasteiger partial charge in [0.2, 0.25) is 6.10 Å². The first-order chi connectivity index (χ1) is 8.97. The van der Waals surface area contributed by atoms with Crippen molar-refractivity contribution >= 4 is 28.9 Å². The highest BCUT2D eigenvalue weighted by atomic mass is 32.1. The van der Waals surface area contributed by atoms with E-state index in [2.05, 4.69) is 10.5 Å². The highest BCUT2D eigenvalue weighted by Gasteiger charge is 2.32. The third-order valence-electron chi connectivity index (χ3n) is 2.75. The second kappa shape index (κ2) is 5.40. The molecule has 2 N–H and O–H groups in total. The summed E-state index contributed by atoms with van der Waals surface area (Å²) in [6.07, 6.45) is -0.855. The third-order valence-corrected chi connectivity index (χ3v) is 3.94. The van der Waals surface area contributed by atoms with Crippen LogP contribution in [0.4, 0.5) is 0 Å². The van der Waals surface area contributed by atoms with Crippen LogP contribution in [-0.4, -0.2) is 28.8 Å². The molecule has 1 amide bonds. The summed E-state index contributed by atoms with van der Waals surface area (Å²) in [7, 11) is 0. The standard InChI is InChI=1S/C12H14N2O4S/c1-6-3-4-10(19-6)7(2)13-11(15)9-5-8(12(16)17)14-18-9/h3-4,7,9H,5H2,1-2H3,(H,13,15)(H,16,17). The van der Waals surface area contributed by atoms with Crippen molar-refractivity contribution in [3.63, 3.8) is 0 Å². The predicted octanol–water partition coefficient (Wildman–Crippen LogP) is 1.46. The number of rotatable bonds is 4. The van der Waals surface area contributed by atoms with Gasteiger partial charge in [-0.3, -0.25) is 4.79 Å². The van der Waals surface area contributed by atoms with E-state index in [9.17, 15) is 9.59 Å². The van der Waals surface area contributed by atoms with Crippen LogP contribution in [0.5, 0.6) is 0 Å². The van der Waals surface area contributed by atoms with Crippen LogP contribution < -0.4 is 5.32 Å². The Morgan fingerprint density at radius 3 is 2.84 bits per heavy atom. The van der Waals surface area contributed by atoms with Crippen LogP contribution in [-0.2, 0) is 14.4 Å². The molecule has 0 bridgehead atoms. The van der Waals surface area contributed by atoms with Crippen molar-refractivity contribution in [2.75, 3.05) is 0 Å². The van der Waals surface area contributed by atoms with Gasteiger partial charge in [0, 0.05) is 16.2 Å². The molecule has 2 heterocycles. The number of amides is 1. The molecule has 102 valence electrons. The first-order valence-electron chi connectivity index (χ1n) is 5.80. The highest BCUT2D eigenvalue weighted by Crippen LogP contribution is 2.23. The maximum atomic E-state index is 11.9. The second-order valence-electron chi connectivity index (χ2n) is 4.32. The number of hydrogen-bond acceptors (Lipinski definition) is 5. The molecule has 0 spiro atoms. The van der Waals surface area contributed by atoms with Gasteiger partial charge in [-0.15, -0.1) is 11.3 Å². The van der Waals surface area contributed by atoms with Crippen LogP contribution >= 0.6 is 11.3 Å². The van der Waals surface area contributed by atoms with E-state index >= 15 is 0 Å². The topological polar surface area (TPSA) is 88.0 Å². The first kappa shape index (κ1) is 13.5. The maximum Gasteiger partial charge on any atom is 0.353 e. The smallest absolute Gasteiger partial charge is 0.353 e. The van der Waals surface area contributed by atoms with Crippen LogP contribution in [0.15, 0.2) is 17.3 Å². The van der Waals surface area contributed by atoms with Gasteiger partial charge in [-0.25, -0.2) is 4.79 Å². The molecule has 7 heteroatoms. The summed E-state index contributed by atoms with van der Waals surface area (Å²) in [5.74, 6) is -1.50. The van der Waals surface area contributed by atoms with Gasteiger partial charge in [-0.1, -0.05) is 5.16 Å². The molecule has 6 nitrogen and oxygen atoms in total. The number of hydrogen-bond donors (Lipinski definition) is 2. The minimum absolute atomic E-state index is 0.00262. The van der Waals surface area contributed by atoms with Crippen LogP contribution in [0.25, 0.3) is 0 Å². The SMILES string of the molecule is Cc1ccc(C(C)NC(=O)C2CC(C(=O)O)=NO2)s1. The average Bonchev–Trinajstić information content (AvgIpc) is 2.96. The minimum atomic E-state index is -1.16. The fraction of sp³-hybridized carbons (Fsp3) is 0.417. The molecular weight excluding hydrogens is 268 g/mol. The van der Waals surface area contributed by atoms with E-state index in [0.717, 1.165) is 4.88 Å². The Bertz CT molecular complexity index is 538. The van der Waals surface area contributed by atoms with E-state index in [0.29, 0.717) is 0 Å². The molecular formula is C12H14N2O4S. The van der Waals surface area contributed by atoms with E-state index < -0.39 is 12.1 Å². The molecule has 0 aliphatic carbocycles. The number of carbonyl (C=O) groups excluding carboxylic acids is 1. The largest absolute Gasteiger partial charge is 0.477 e. The summed E-state index contributed by atoms with van der Waals surface area (Å²) in [4.78, 5) is 29.6. The van der Waals surface area contributed by atoms with Crippen molar-refractivity contribution in [2.24, 2.45) is 5.16 Å². The number of aryl methyl sites for hydroxylation is 1. The number of carboxylic acids is 1. The highest BCUT2D eigenvalue weighted by molar-refractivity contribution is 7.12. The summed E-state index contributed by atoms with van der Waals surface area (Å²) in [6, 6.07) is 3.81. The Morgan fingerprint density at radius 1 is 1.58 bits per heavy atom. The van der Waals surface area contributed by atoms with Gasteiger partial charge in [0.05, 0.1) is 6.04 Å². The molecule has 0 aromatic carbocycles. The summed E-state index contributed by atoms with van der Waals surface area (Å²) in [6.45, 7) is 3.87. The van der Waals surface area contributed by atoms with Crippen molar-refractivity contribution in [1.82, 2.24) is 5.32 Å². The lowest BCUT2D eigenvalue weighted by atomic mass is 10.1. The molecule has 1 aliphatic heterocycles. The van der Waals surface area contributed by atoms with Gasteiger partial charge in [0.25, 0.3) is 5.91 Å². The number of nitrogens with zero attached hydrogens (tertiary/aromatic N) is 1. The quantitative estimate of drug-likeness (QED) is 0.875. The predicted molar refractivity (Wildman–Crippen MR) is 70.2 cm³/mol. The summed E-state index contributed by atoms with van der Waals surface area (Å²) >= 11 is 1.61. The molecule has 0 fully saturated rings. The monoisotopic (exact) mass is 282 g/mol. The molecule has 2 rings (SSSR count). The van der Waals surface area contributed by atoms with Crippen molar-refractivity contribution in [3.05, 3.63) is 21.9 Å². The van der Waals surface area contributed by atoms with E-state index in [1.165, 1.54) is 4.88 Å². The van der Waals surface area contributed by atoms with E-state index in [1.54, 1.807) is 11.3 Å². The Balaban J connectivity index is 1.90. The normalized spacial score (nSPS) is 19.5. The molecule has 0 radical (unpaired) electrons. The van der Waals surface area contributed by atoms with Gasteiger partial charge in [0.1, 0.15) is 0 Å². The van der Waals surface area contributed by atoms with Crippen LogP contribution in [0.1, 0.15) is 29.1 Å². The van der Waals surface area contributed by atoms with Crippen LogP contribution in [0.2, 0.25) is 0 Å². The zero-order chi connectivity index (χ0) is 14.0. The minimum Gasteiger partial charge on any atom is -0.477 e. The van der Waals surface area contributed by atoms with Crippen LogP contribution in [0, 0.1) is 6.92 Å². The lowest BCUT2D eigenvalue weighted by molar-refractivity contribution is -0.131. The number of nitrogens with one attached hydrogen (secondary N) is 1. The van der Waals surface area contributed by atoms with Gasteiger partial charge < -0.3 is 15.3 Å². The summed E-state index contributed by atoms with van der Waals surface area (Å²) < 4.78 is 0. The summed E-state index contributed by atoms with van der Waals surface area (Å²) in [5.41, 5.74) is -0.125. The number of thiophene rings is 1. The number of carbonyl (C=O) groups is 2. The zero-order valence-corrected chi connectivity index (χ0v) is 11.4. The van der Waals surface area contributed by atoms with E-state index in [1.807, 2.05) is 26.0 Å². The first-order valence-corrected chi connectivity index (χ1v) is 6.61.